The molecule has 1 aliphatic rings. The van der Waals surface area contributed by atoms with Gasteiger partial charge in [0.1, 0.15) is 11.8 Å². The molecule has 1 fully saturated rings. The number of aliphatic carboxylic acids is 1. The first-order valence-electron chi connectivity index (χ1n) is 6.27. The highest BCUT2D eigenvalue weighted by atomic mass is 16.5. The number of nitrogens with zero attached hydrogens (tertiary/aromatic N) is 2. The number of carbonyl (C=O) groups excluding carboxylic acids is 1. The molecule has 0 aliphatic carbocycles. The number of likely N-dealkylation sites (tertiary alicyclic amines) is 1. The Labute approximate surface area is 115 Å². The van der Waals surface area contributed by atoms with E-state index in [1.54, 1.807) is 13.8 Å². The number of aliphatic hydroxyl groups is 1. The quantitative estimate of drug-likeness (QED) is 0.720. The van der Waals surface area contributed by atoms with Crippen LogP contribution in [0.15, 0.2) is 4.52 Å². The van der Waals surface area contributed by atoms with Gasteiger partial charge in [0.15, 0.2) is 0 Å². The number of aryl methyl sites for hydroxylation is 2. The minimum Gasteiger partial charge on any atom is -0.480 e. The van der Waals surface area contributed by atoms with Gasteiger partial charge in [-0.2, -0.15) is 0 Å². The molecule has 8 nitrogen and oxygen atoms in total. The lowest BCUT2D eigenvalue weighted by Gasteiger charge is -2.21. The summed E-state index contributed by atoms with van der Waals surface area (Å²) >= 11 is 0. The summed E-state index contributed by atoms with van der Waals surface area (Å²) in [5.74, 6) is -0.506. The van der Waals surface area contributed by atoms with Gasteiger partial charge in [-0.1, -0.05) is 5.16 Å². The number of carboxylic acid groups (broad SMARTS) is 1. The molecule has 0 aromatic carbocycles. The van der Waals surface area contributed by atoms with Crippen LogP contribution < -0.4 is 5.32 Å². The lowest BCUT2D eigenvalue weighted by Crippen LogP contribution is -2.46. The molecule has 1 aliphatic heterocycles. The molecule has 0 spiro atoms. The molecule has 1 aromatic heterocycles. The number of nitrogens with one attached hydrogen (secondary N) is 1. The summed E-state index contributed by atoms with van der Waals surface area (Å²) in [6.07, 6.45) is -0.755. The average molecular weight is 283 g/mol. The van der Waals surface area contributed by atoms with E-state index >= 15 is 0 Å². The highest BCUT2D eigenvalue weighted by Gasteiger charge is 2.38. The molecular weight excluding hydrogens is 266 g/mol. The first kappa shape index (κ1) is 14.3. The van der Waals surface area contributed by atoms with Crippen LogP contribution in [0.3, 0.4) is 0 Å². The number of urea groups is 1. The van der Waals surface area contributed by atoms with Crippen LogP contribution in [0, 0.1) is 13.8 Å². The highest BCUT2D eigenvalue weighted by molar-refractivity contribution is 5.83. The third kappa shape index (κ3) is 2.74. The van der Waals surface area contributed by atoms with E-state index in [-0.39, 0.29) is 19.5 Å². The smallest absolute Gasteiger partial charge is 0.326 e. The lowest BCUT2D eigenvalue weighted by molar-refractivity contribution is -0.141. The molecule has 1 unspecified atom stereocenters. The number of aromatic nitrogens is 1. The van der Waals surface area contributed by atoms with E-state index in [1.807, 2.05) is 0 Å². The van der Waals surface area contributed by atoms with E-state index in [0.717, 1.165) is 10.5 Å². The SMILES string of the molecule is Cc1noc(C)c1CNC(=O)N1CC(O)C[C@H]1C(=O)O. The maximum Gasteiger partial charge on any atom is 0.326 e. The zero-order valence-corrected chi connectivity index (χ0v) is 11.3. The molecule has 110 valence electrons. The Bertz CT molecular complexity index is 508. The summed E-state index contributed by atoms with van der Waals surface area (Å²) in [4.78, 5) is 24.2. The number of hydrogen-bond donors (Lipinski definition) is 3. The van der Waals surface area contributed by atoms with Crippen LogP contribution in [0.25, 0.3) is 0 Å². The molecule has 1 aromatic rings. The van der Waals surface area contributed by atoms with E-state index in [0.29, 0.717) is 11.5 Å². The number of rotatable bonds is 3. The Morgan fingerprint density at radius 1 is 1.50 bits per heavy atom. The van der Waals surface area contributed by atoms with E-state index in [2.05, 4.69) is 10.5 Å². The van der Waals surface area contributed by atoms with Gasteiger partial charge in [-0.15, -0.1) is 0 Å². The predicted octanol–water partition coefficient (Wildman–Crippen LogP) is 0.0208. The first-order chi connectivity index (χ1) is 9.40. The van der Waals surface area contributed by atoms with Gasteiger partial charge in [0, 0.05) is 25.1 Å². The molecule has 2 atom stereocenters. The van der Waals surface area contributed by atoms with Gasteiger partial charge in [0.2, 0.25) is 0 Å². The van der Waals surface area contributed by atoms with Crippen LogP contribution in [-0.4, -0.2) is 51.0 Å². The molecular formula is C12H17N3O5. The molecule has 2 heterocycles. The number of hydrogen-bond acceptors (Lipinski definition) is 5. The van der Waals surface area contributed by atoms with E-state index < -0.39 is 24.1 Å². The number of carboxylic acids is 1. The van der Waals surface area contributed by atoms with Crippen molar-refractivity contribution in [2.45, 2.75) is 39.0 Å². The van der Waals surface area contributed by atoms with E-state index in [4.69, 9.17) is 9.63 Å². The molecule has 0 saturated carbocycles. The van der Waals surface area contributed by atoms with E-state index in [9.17, 15) is 14.7 Å². The highest BCUT2D eigenvalue weighted by Crippen LogP contribution is 2.18. The van der Waals surface area contributed by atoms with Crippen LogP contribution >= 0.6 is 0 Å². The summed E-state index contributed by atoms with van der Waals surface area (Å²) in [6.45, 7) is 3.72. The Morgan fingerprint density at radius 3 is 2.75 bits per heavy atom. The number of amides is 2. The fourth-order valence-corrected chi connectivity index (χ4v) is 2.29. The maximum absolute atomic E-state index is 12.0. The van der Waals surface area contributed by atoms with Crippen molar-refractivity contribution in [2.75, 3.05) is 6.54 Å². The van der Waals surface area contributed by atoms with Gasteiger partial charge >= 0.3 is 12.0 Å². The summed E-state index contributed by atoms with van der Waals surface area (Å²) < 4.78 is 4.98. The van der Waals surface area contributed by atoms with Crippen molar-refractivity contribution in [1.82, 2.24) is 15.4 Å². The van der Waals surface area contributed by atoms with Crippen LogP contribution in [0.5, 0.6) is 0 Å². The van der Waals surface area contributed by atoms with Crippen LogP contribution in [0.2, 0.25) is 0 Å². The average Bonchev–Trinajstić information content (AvgIpc) is 2.91. The number of aliphatic hydroxyl groups excluding tert-OH is 1. The van der Waals surface area contributed by atoms with Gasteiger partial charge in [-0.3, -0.25) is 0 Å². The van der Waals surface area contributed by atoms with Gasteiger partial charge in [-0.25, -0.2) is 9.59 Å². The molecule has 2 amide bonds. The van der Waals surface area contributed by atoms with Gasteiger partial charge < -0.3 is 25.0 Å². The van der Waals surface area contributed by atoms with Crippen LogP contribution in [0.4, 0.5) is 4.79 Å². The standard InChI is InChI=1S/C12H17N3O5/c1-6-9(7(2)20-14-6)4-13-12(19)15-5-8(16)3-10(15)11(17)18/h8,10,16H,3-5H2,1-2H3,(H,13,19)(H,17,18)/t8?,10-/m0/s1. The minimum absolute atomic E-state index is 0.0183. The minimum atomic E-state index is -1.12. The number of β-amino-alcohol motifs (C(OH)–C–C–N with tert-alkyl or cyclic N) is 1. The molecule has 20 heavy (non-hydrogen) atoms. The summed E-state index contributed by atoms with van der Waals surface area (Å²) in [6, 6.07) is -1.51. The molecule has 0 radical (unpaired) electrons. The summed E-state index contributed by atoms with van der Waals surface area (Å²) in [7, 11) is 0. The molecule has 0 bridgehead atoms. The third-order valence-electron chi connectivity index (χ3n) is 3.42. The Kier molecular flexibility index (Phi) is 3.93. The molecule has 8 heteroatoms. The van der Waals surface area contributed by atoms with Crippen LogP contribution in [-0.2, 0) is 11.3 Å². The fourth-order valence-electron chi connectivity index (χ4n) is 2.29. The Balaban J connectivity index is 2.00. The van der Waals surface area contributed by atoms with Crippen molar-refractivity contribution in [3.05, 3.63) is 17.0 Å². The maximum atomic E-state index is 12.0. The van der Waals surface area contributed by atoms with Gasteiger partial charge in [-0.05, 0) is 13.8 Å². The number of carbonyl (C=O) groups is 2. The normalized spacial score (nSPS) is 22.1. The molecule has 1 saturated heterocycles. The lowest BCUT2D eigenvalue weighted by atomic mass is 10.2. The second kappa shape index (κ2) is 5.49. The van der Waals surface area contributed by atoms with Crippen LogP contribution in [0.1, 0.15) is 23.4 Å². The summed E-state index contributed by atoms with van der Waals surface area (Å²) in [5.41, 5.74) is 1.45. The Morgan fingerprint density at radius 2 is 2.20 bits per heavy atom. The topological polar surface area (TPSA) is 116 Å². The van der Waals surface area contributed by atoms with Crippen molar-refractivity contribution in [3.63, 3.8) is 0 Å². The van der Waals surface area contributed by atoms with Gasteiger partial charge in [0.05, 0.1) is 11.8 Å². The summed E-state index contributed by atoms with van der Waals surface area (Å²) in [5, 5.41) is 24.9. The monoisotopic (exact) mass is 283 g/mol. The first-order valence-corrected chi connectivity index (χ1v) is 6.27. The van der Waals surface area contributed by atoms with Crippen molar-refractivity contribution < 1.29 is 24.3 Å². The third-order valence-corrected chi connectivity index (χ3v) is 3.42. The van der Waals surface area contributed by atoms with Crippen molar-refractivity contribution >= 4 is 12.0 Å². The fraction of sp³-hybridized carbons (Fsp3) is 0.583. The van der Waals surface area contributed by atoms with Gasteiger partial charge in [0.25, 0.3) is 0 Å². The largest absolute Gasteiger partial charge is 0.480 e. The van der Waals surface area contributed by atoms with Crippen molar-refractivity contribution in [2.24, 2.45) is 0 Å². The molecule has 3 N–H and O–H groups in total. The Hall–Kier alpha value is -2.09. The zero-order valence-electron chi connectivity index (χ0n) is 11.3. The van der Waals surface area contributed by atoms with E-state index in [1.165, 1.54) is 0 Å². The predicted molar refractivity (Wildman–Crippen MR) is 67.0 cm³/mol. The second-order valence-corrected chi connectivity index (χ2v) is 4.86. The molecule has 2 rings (SSSR count). The zero-order chi connectivity index (χ0) is 14.9. The van der Waals surface area contributed by atoms with Crippen molar-refractivity contribution in [1.29, 1.82) is 0 Å². The van der Waals surface area contributed by atoms with Crippen molar-refractivity contribution in [3.8, 4) is 0 Å². The second-order valence-electron chi connectivity index (χ2n) is 4.86.